The minimum absolute atomic E-state index is 0.113. The molecule has 0 radical (unpaired) electrons. The van der Waals surface area contributed by atoms with Crippen molar-refractivity contribution in [2.75, 3.05) is 0 Å². The molecule has 0 aliphatic rings. The second-order valence-corrected chi connectivity index (χ2v) is 3.41. The monoisotopic (exact) mass is 193 g/mol. The molecular formula is C9H11N3S. The molecule has 3 nitrogen and oxygen atoms in total. The first kappa shape index (κ1) is 9.96. The van der Waals surface area contributed by atoms with Gasteiger partial charge in [0.2, 0.25) is 0 Å². The van der Waals surface area contributed by atoms with Gasteiger partial charge in [-0.3, -0.25) is 0 Å². The highest BCUT2D eigenvalue weighted by Crippen LogP contribution is 2.21. The average molecular weight is 193 g/mol. The van der Waals surface area contributed by atoms with Gasteiger partial charge < -0.3 is 0 Å². The number of hydrogen-bond acceptors (Lipinski definition) is 2. The number of azide groups is 1. The number of hydrogen-bond donors (Lipinski definition) is 1. The van der Waals surface area contributed by atoms with Gasteiger partial charge in [-0.1, -0.05) is 24.2 Å². The maximum Gasteiger partial charge on any atom is 0.0597 e. The fraction of sp³-hybridized carbons (Fsp3) is 0.333. The summed E-state index contributed by atoms with van der Waals surface area (Å²) in [5, 5.41) is 3.62. The molecule has 0 bridgehead atoms. The van der Waals surface area contributed by atoms with Crippen LogP contribution >= 0.6 is 12.6 Å². The summed E-state index contributed by atoms with van der Waals surface area (Å²) in [4.78, 5) is 3.73. The zero-order valence-electron chi connectivity index (χ0n) is 7.60. The Kier molecular flexibility index (Phi) is 3.23. The molecule has 1 unspecified atom stereocenters. The molecule has 68 valence electrons. The molecule has 0 N–H and O–H groups in total. The number of aryl methyl sites for hydroxylation is 1. The molecule has 0 fully saturated rings. The molecule has 1 rings (SSSR count). The summed E-state index contributed by atoms with van der Waals surface area (Å²) in [7, 11) is 0. The Morgan fingerprint density at radius 1 is 1.54 bits per heavy atom. The molecule has 0 spiro atoms. The highest BCUT2D eigenvalue weighted by molar-refractivity contribution is 7.80. The van der Waals surface area contributed by atoms with E-state index in [0.29, 0.717) is 0 Å². The van der Waals surface area contributed by atoms with E-state index in [1.807, 2.05) is 32.0 Å². The summed E-state index contributed by atoms with van der Waals surface area (Å²) < 4.78 is 0. The zero-order chi connectivity index (χ0) is 9.84. The first-order valence-corrected chi connectivity index (χ1v) is 4.43. The van der Waals surface area contributed by atoms with Gasteiger partial charge in [-0.15, -0.1) is 12.6 Å². The topological polar surface area (TPSA) is 48.8 Å². The molecule has 0 aromatic heterocycles. The molecule has 13 heavy (non-hydrogen) atoms. The summed E-state index contributed by atoms with van der Waals surface area (Å²) in [5.41, 5.74) is 10.4. The molecule has 0 saturated heterocycles. The van der Waals surface area contributed by atoms with Gasteiger partial charge in [-0.05, 0) is 29.6 Å². The van der Waals surface area contributed by atoms with Crippen molar-refractivity contribution in [2.24, 2.45) is 5.11 Å². The Bertz CT molecular complexity index is 356. The Hall–Kier alpha value is -1.12. The van der Waals surface area contributed by atoms with Crippen LogP contribution < -0.4 is 0 Å². The van der Waals surface area contributed by atoms with Crippen LogP contribution in [0.4, 0.5) is 0 Å². The quantitative estimate of drug-likeness (QED) is 0.322. The third kappa shape index (κ3) is 2.41. The van der Waals surface area contributed by atoms with Crippen molar-refractivity contribution < 1.29 is 0 Å². The number of nitrogens with zero attached hydrogens (tertiary/aromatic N) is 3. The summed E-state index contributed by atoms with van der Waals surface area (Å²) >= 11 is 4.26. The van der Waals surface area contributed by atoms with Crippen molar-refractivity contribution in [1.29, 1.82) is 0 Å². The summed E-state index contributed by atoms with van der Waals surface area (Å²) in [6.45, 7) is 3.85. The molecule has 1 aromatic rings. The van der Waals surface area contributed by atoms with Crippen molar-refractivity contribution >= 4 is 12.6 Å². The molecule has 0 aliphatic heterocycles. The van der Waals surface area contributed by atoms with Crippen LogP contribution in [0.2, 0.25) is 0 Å². The molecular weight excluding hydrogens is 182 g/mol. The normalized spacial score (nSPS) is 11.9. The Balaban J connectivity index is 3.03. The van der Waals surface area contributed by atoms with Crippen molar-refractivity contribution in [3.63, 3.8) is 0 Å². The predicted octanol–water partition coefficient (Wildman–Crippen LogP) is 3.66. The Labute approximate surface area is 82.8 Å². The van der Waals surface area contributed by atoms with Crippen LogP contribution in [0.1, 0.15) is 24.1 Å². The van der Waals surface area contributed by atoms with Gasteiger partial charge >= 0.3 is 0 Å². The average Bonchev–Trinajstić information content (AvgIpc) is 2.10. The first-order chi connectivity index (χ1) is 6.15. The van der Waals surface area contributed by atoms with E-state index in [-0.39, 0.29) is 6.04 Å². The smallest absolute Gasteiger partial charge is 0.0597 e. The Morgan fingerprint density at radius 2 is 2.23 bits per heavy atom. The van der Waals surface area contributed by atoms with Crippen LogP contribution in [0, 0.1) is 6.92 Å². The predicted molar refractivity (Wildman–Crippen MR) is 56.0 cm³/mol. The molecule has 0 amide bonds. The largest absolute Gasteiger partial charge is 0.143 e. The van der Waals surface area contributed by atoms with Gasteiger partial charge in [-0.25, -0.2) is 0 Å². The second-order valence-electron chi connectivity index (χ2n) is 2.93. The zero-order valence-corrected chi connectivity index (χ0v) is 8.49. The molecule has 0 heterocycles. The van der Waals surface area contributed by atoms with Crippen LogP contribution in [-0.4, -0.2) is 0 Å². The highest BCUT2D eigenvalue weighted by Gasteiger charge is 2.03. The van der Waals surface area contributed by atoms with Crippen molar-refractivity contribution in [3.8, 4) is 0 Å². The molecule has 0 saturated carbocycles. The van der Waals surface area contributed by atoms with Crippen LogP contribution in [-0.2, 0) is 0 Å². The van der Waals surface area contributed by atoms with E-state index in [1.54, 1.807) is 0 Å². The van der Waals surface area contributed by atoms with Crippen molar-refractivity contribution in [2.45, 2.75) is 24.8 Å². The summed E-state index contributed by atoms with van der Waals surface area (Å²) in [5.74, 6) is 0. The van der Waals surface area contributed by atoms with Crippen LogP contribution in [0.3, 0.4) is 0 Å². The van der Waals surface area contributed by atoms with E-state index in [2.05, 4.69) is 22.7 Å². The van der Waals surface area contributed by atoms with Gasteiger partial charge in [0.15, 0.2) is 0 Å². The molecule has 0 aliphatic carbocycles. The van der Waals surface area contributed by atoms with Gasteiger partial charge in [0.05, 0.1) is 6.04 Å². The van der Waals surface area contributed by atoms with Crippen LogP contribution in [0.15, 0.2) is 28.2 Å². The Morgan fingerprint density at radius 3 is 2.77 bits per heavy atom. The van der Waals surface area contributed by atoms with Crippen LogP contribution in [0.5, 0.6) is 0 Å². The van der Waals surface area contributed by atoms with E-state index in [1.165, 1.54) is 0 Å². The summed E-state index contributed by atoms with van der Waals surface area (Å²) in [6, 6.07) is 5.71. The minimum Gasteiger partial charge on any atom is -0.143 e. The lowest BCUT2D eigenvalue weighted by Gasteiger charge is -2.06. The van der Waals surface area contributed by atoms with E-state index in [9.17, 15) is 0 Å². The van der Waals surface area contributed by atoms with Crippen molar-refractivity contribution in [3.05, 3.63) is 39.8 Å². The molecule has 1 atom stereocenters. The van der Waals surface area contributed by atoms with E-state index < -0.39 is 0 Å². The molecule has 4 heteroatoms. The third-order valence-corrected chi connectivity index (χ3v) is 2.43. The molecule has 1 aromatic carbocycles. The van der Waals surface area contributed by atoms with Gasteiger partial charge in [0.1, 0.15) is 0 Å². The van der Waals surface area contributed by atoms with Gasteiger partial charge in [0.25, 0.3) is 0 Å². The van der Waals surface area contributed by atoms with E-state index >= 15 is 0 Å². The van der Waals surface area contributed by atoms with E-state index in [0.717, 1.165) is 16.0 Å². The number of thiol groups is 1. The maximum absolute atomic E-state index is 8.27. The summed E-state index contributed by atoms with van der Waals surface area (Å²) in [6.07, 6.45) is 0. The SMILES string of the molecule is Cc1cc(C(C)N=[N+]=[N-])ccc1S. The lowest BCUT2D eigenvalue weighted by atomic mass is 10.1. The second kappa shape index (κ2) is 4.21. The van der Waals surface area contributed by atoms with E-state index in [4.69, 9.17) is 5.53 Å². The van der Waals surface area contributed by atoms with Gasteiger partial charge in [-0.2, -0.15) is 0 Å². The van der Waals surface area contributed by atoms with Crippen molar-refractivity contribution in [1.82, 2.24) is 0 Å². The number of rotatable bonds is 2. The number of benzene rings is 1. The van der Waals surface area contributed by atoms with Gasteiger partial charge in [0, 0.05) is 9.81 Å². The third-order valence-electron chi connectivity index (χ3n) is 1.93. The standard InChI is InChI=1S/C9H11N3S/c1-6-5-8(3-4-9(6)13)7(2)11-12-10/h3-5,7,13H,1-2H3. The first-order valence-electron chi connectivity index (χ1n) is 3.99. The fourth-order valence-corrected chi connectivity index (χ4v) is 1.22. The fourth-order valence-electron chi connectivity index (χ4n) is 1.08. The lowest BCUT2D eigenvalue weighted by Crippen LogP contribution is -1.89. The maximum atomic E-state index is 8.27. The lowest BCUT2D eigenvalue weighted by molar-refractivity contribution is 0.804. The highest BCUT2D eigenvalue weighted by atomic mass is 32.1. The minimum atomic E-state index is -0.113. The van der Waals surface area contributed by atoms with Crippen LogP contribution in [0.25, 0.3) is 10.4 Å².